The van der Waals surface area contributed by atoms with Gasteiger partial charge in [-0.1, -0.05) is 30.3 Å². The SMILES string of the molecule is COC(=O)N/N=C/C1=C(N2CCOCC2)C(=C/c2ccccc2)/CC1. The fraction of sp³-hybridized carbons (Fsp3) is 0.368. The first kappa shape index (κ1) is 17.2. The summed E-state index contributed by atoms with van der Waals surface area (Å²) in [6.07, 6.45) is 5.26. The minimum Gasteiger partial charge on any atom is -0.452 e. The lowest BCUT2D eigenvalue weighted by atomic mass is 10.1. The smallest absolute Gasteiger partial charge is 0.427 e. The van der Waals surface area contributed by atoms with E-state index in [0.29, 0.717) is 0 Å². The number of hydrazone groups is 1. The van der Waals surface area contributed by atoms with Gasteiger partial charge in [-0.25, -0.2) is 10.2 Å². The molecule has 1 aromatic rings. The number of allylic oxidation sites excluding steroid dienone is 2. The Bertz CT molecular complexity index is 689. The monoisotopic (exact) mass is 341 g/mol. The summed E-state index contributed by atoms with van der Waals surface area (Å²) in [7, 11) is 1.32. The molecule has 0 bridgehead atoms. The van der Waals surface area contributed by atoms with Crippen LogP contribution in [0.25, 0.3) is 6.08 Å². The maximum atomic E-state index is 11.2. The van der Waals surface area contributed by atoms with Gasteiger partial charge in [0, 0.05) is 18.8 Å². The Morgan fingerprint density at radius 2 is 2.00 bits per heavy atom. The lowest BCUT2D eigenvalue weighted by Gasteiger charge is -2.31. The van der Waals surface area contributed by atoms with Crippen LogP contribution in [0.4, 0.5) is 4.79 Å². The number of nitrogens with one attached hydrogen (secondary N) is 1. The van der Waals surface area contributed by atoms with Crippen LogP contribution in [-0.4, -0.2) is 50.6 Å². The Morgan fingerprint density at radius 1 is 1.24 bits per heavy atom. The van der Waals surface area contributed by atoms with E-state index in [2.05, 4.69) is 38.4 Å². The first-order valence-electron chi connectivity index (χ1n) is 8.47. The van der Waals surface area contributed by atoms with Gasteiger partial charge in [0.15, 0.2) is 0 Å². The fourth-order valence-electron chi connectivity index (χ4n) is 3.13. The average molecular weight is 341 g/mol. The number of amides is 1. The van der Waals surface area contributed by atoms with Crippen molar-refractivity contribution in [3.63, 3.8) is 0 Å². The lowest BCUT2D eigenvalue weighted by Crippen LogP contribution is -2.36. The number of morpholine rings is 1. The van der Waals surface area contributed by atoms with Gasteiger partial charge in [0.25, 0.3) is 0 Å². The van der Waals surface area contributed by atoms with E-state index in [0.717, 1.165) is 44.7 Å². The third-order valence-electron chi connectivity index (χ3n) is 4.30. The summed E-state index contributed by atoms with van der Waals surface area (Å²) in [5, 5.41) is 4.02. The maximum absolute atomic E-state index is 11.2. The van der Waals surface area contributed by atoms with Crippen LogP contribution in [0.2, 0.25) is 0 Å². The number of carbonyl (C=O) groups excluding carboxylic acids is 1. The van der Waals surface area contributed by atoms with Gasteiger partial charge in [0.2, 0.25) is 0 Å². The van der Waals surface area contributed by atoms with E-state index in [1.54, 1.807) is 6.21 Å². The summed E-state index contributed by atoms with van der Waals surface area (Å²) in [4.78, 5) is 13.5. The maximum Gasteiger partial charge on any atom is 0.427 e. The minimum atomic E-state index is -0.567. The molecule has 0 radical (unpaired) electrons. The Labute approximate surface area is 147 Å². The van der Waals surface area contributed by atoms with E-state index >= 15 is 0 Å². The van der Waals surface area contributed by atoms with Gasteiger partial charge in [-0.15, -0.1) is 0 Å². The molecule has 1 N–H and O–H groups in total. The average Bonchev–Trinajstić information content (AvgIpc) is 3.05. The summed E-state index contributed by atoms with van der Waals surface area (Å²) in [6, 6.07) is 10.3. The highest BCUT2D eigenvalue weighted by Gasteiger charge is 2.25. The first-order chi connectivity index (χ1) is 12.3. The normalized spacial score (nSPS) is 19.7. The van der Waals surface area contributed by atoms with E-state index in [1.165, 1.54) is 23.9 Å². The fourth-order valence-corrected chi connectivity index (χ4v) is 3.13. The number of carbonyl (C=O) groups is 1. The molecule has 132 valence electrons. The molecule has 1 saturated heterocycles. The third-order valence-corrected chi connectivity index (χ3v) is 4.30. The van der Waals surface area contributed by atoms with Crippen LogP contribution in [0.3, 0.4) is 0 Å². The molecule has 1 heterocycles. The number of benzene rings is 1. The van der Waals surface area contributed by atoms with Crippen molar-refractivity contribution in [2.45, 2.75) is 12.8 Å². The molecule has 0 aromatic heterocycles. The van der Waals surface area contributed by atoms with Crippen molar-refractivity contribution in [2.75, 3.05) is 33.4 Å². The zero-order valence-corrected chi connectivity index (χ0v) is 14.4. The molecule has 2 aliphatic rings. The highest BCUT2D eigenvalue weighted by molar-refractivity contribution is 5.84. The number of ether oxygens (including phenoxy) is 2. The molecule has 3 rings (SSSR count). The number of methoxy groups -OCH3 is 1. The molecule has 1 amide bonds. The largest absolute Gasteiger partial charge is 0.452 e. The zero-order valence-electron chi connectivity index (χ0n) is 14.4. The number of rotatable bonds is 4. The van der Waals surface area contributed by atoms with Crippen molar-refractivity contribution >= 4 is 18.4 Å². The second-order valence-electron chi connectivity index (χ2n) is 5.92. The zero-order chi connectivity index (χ0) is 17.5. The van der Waals surface area contributed by atoms with Gasteiger partial charge < -0.3 is 14.4 Å². The van der Waals surface area contributed by atoms with Gasteiger partial charge in [-0.05, 0) is 35.6 Å². The van der Waals surface area contributed by atoms with Gasteiger partial charge in [0.1, 0.15) is 0 Å². The summed E-state index contributed by atoms with van der Waals surface area (Å²) in [6.45, 7) is 3.19. The molecule has 0 unspecified atom stereocenters. The summed E-state index contributed by atoms with van der Waals surface area (Å²) in [5.74, 6) is 0. The third kappa shape index (κ3) is 4.48. The van der Waals surface area contributed by atoms with Crippen LogP contribution in [0.1, 0.15) is 18.4 Å². The van der Waals surface area contributed by atoms with E-state index in [9.17, 15) is 4.79 Å². The van der Waals surface area contributed by atoms with Crippen LogP contribution in [0, 0.1) is 0 Å². The van der Waals surface area contributed by atoms with Gasteiger partial charge in [-0.2, -0.15) is 5.10 Å². The topological polar surface area (TPSA) is 63.2 Å². The molecule has 6 nitrogen and oxygen atoms in total. The number of hydrogen-bond acceptors (Lipinski definition) is 5. The Morgan fingerprint density at radius 3 is 2.72 bits per heavy atom. The highest BCUT2D eigenvalue weighted by Crippen LogP contribution is 2.34. The quantitative estimate of drug-likeness (QED) is 0.676. The molecule has 0 saturated carbocycles. The Balaban J connectivity index is 1.87. The van der Waals surface area contributed by atoms with E-state index in [1.807, 2.05) is 18.2 Å². The van der Waals surface area contributed by atoms with Crippen LogP contribution in [0.15, 0.2) is 52.3 Å². The standard InChI is InChI=1S/C19H23N3O3/c1-24-19(23)21-20-14-17-8-7-16(13-15-5-3-2-4-6-15)18(17)22-9-11-25-12-10-22/h2-6,13-14H,7-12H2,1H3,(H,21,23)/b16-13+,20-14+. The molecule has 1 aliphatic heterocycles. The van der Waals surface area contributed by atoms with Gasteiger partial charge in [0.05, 0.1) is 26.5 Å². The molecule has 25 heavy (non-hydrogen) atoms. The second-order valence-corrected chi connectivity index (χ2v) is 5.92. The predicted molar refractivity (Wildman–Crippen MR) is 97.1 cm³/mol. The molecular formula is C19H23N3O3. The van der Waals surface area contributed by atoms with Crippen LogP contribution < -0.4 is 5.43 Å². The molecule has 1 fully saturated rings. The predicted octanol–water partition coefficient (Wildman–Crippen LogP) is 2.79. The van der Waals surface area contributed by atoms with E-state index in [-0.39, 0.29) is 0 Å². The van der Waals surface area contributed by atoms with E-state index in [4.69, 9.17) is 4.74 Å². The lowest BCUT2D eigenvalue weighted by molar-refractivity contribution is 0.0548. The Hall–Kier alpha value is -2.60. The molecule has 0 atom stereocenters. The molecular weight excluding hydrogens is 318 g/mol. The minimum absolute atomic E-state index is 0.567. The van der Waals surface area contributed by atoms with Crippen LogP contribution in [-0.2, 0) is 9.47 Å². The van der Waals surface area contributed by atoms with Crippen molar-refractivity contribution < 1.29 is 14.3 Å². The van der Waals surface area contributed by atoms with Crippen LogP contribution in [0.5, 0.6) is 0 Å². The van der Waals surface area contributed by atoms with Crippen LogP contribution >= 0.6 is 0 Å². The van der Waals surface area contributed by atoms with Crippen molar-refractivity contribution in [1.29, 1.82) is 0 Å². The van der Waals surface area contributed by atoms with Gasteiger partial charge >= 0.3 is 6.09 Å². The first-order valence-corrected chi connectivity index (χ1v) is 8.47. The van der Waals surface area contributed by atoms with Crippen molar-refractivity contribution in [2.24, 2.45) is 5.10 Å². The van der Waals surface area contributed by atoms with E-state index < -0.39 is 6.09 Å². The highest BCUT2D eigenvalue weighted by atomic mass is 16.5. The second kappa shape index (κ2) is 8.48. The summed E-state index contributed by atoms with van der Waals surface area (Å²) >= 11 is 0. The van der Waals surface area contributed by atoms with Crippen molar-refractivity contribution in [3.8, 4) is 0 Å². The molecule has 0 spiro atoms. The number of hydrogen-bond donors (Lipinski definition) is 1. The van der Waals surface area contributed by atoms with Crippen molar-refractivity contribution in [1.82, 2.24) is 10.3 Å². The summed E-state index contributed by atoms with van der Waals surface area (Å²) in [5.41, 5.74) is 7.18. The molecule has 6 heteroatoms. The van der Waals surface area contributed by atoms with Crippen molar-refractivity contribution in [3.05, 3.63) is 52.7 Å². The molecule has 1 aliphatic carbocycles. The molecule has 1 aromatic carbocycles. The summed E-state index contributed by atoms with van der Waals surface area (Å²) < 4.78 is 10.0. The Kier molecular flexibility index (Phi) is 5.85. The van der Waals surface area contributed by atoms with Gasteiger partial charge in [-0.3, -0.25) is 0 Å². The number of nitrogens with zero attached hydrogens (tertiary/aromatic N) is 2.